The van der Waals surface area contributed by atoms with E-state index in [1.807, 2.05) is 42.6 Å². The van der Waals surface area contributed by atoms with E-state index in [1.165, 1.54) is 9.87 Å². The first kappa shape index (κ1) is 29.2. The maximum atomic E-state index is 13.4. The van der Waals surface area contributed by atoms with Gasteiger partial charge in [-0.25, -0.2) is 8.42 Å². The largest absolute Gasteiger partial charge is 0.492 e. The summed E-state index contributed by atoms with van der Waals surface area (Å²) in [5.41, 5.74) is 5.03. The fraction of sp³-hybridized carbons (Fsp3) is 0.324. The normalized spacial score (nSPS) is 17.2. The predicted octanol–water partition coefficient (Wildman–Crippen LogP) is 5.56. The molecule has 43 heavy (non-hydrogen) atoms. The first-order valence-electron chi connectivity index (χ1n) is 14.6. The number of carbonyl (C=O) groups excluding carboxylic acids is 1. The molecule has 4 aromatic rings. The summed E-state index contributed by atoms with van der Waals surface area (Å²) in [5, 5.41) is 1.01. The van der Waals surface area contributed by atoms with Crippen molar-refractivity contribution in [2.24, 2.45) is 0 Å². The van der Waals surface area contributed by atoms with Gasteiger partial charge < -0.3 is 18.9 Å². The number of ether oxygens (including phenoxy) is 2. The smallest absolute Gasteiger partial charge is 0.258 e. The van der Waals surface area contributed by atoms with Crippen LogP contribution in [0.1, 0.15) is 37.5 Å². The molecule has 2 aliphatic heterocycles. The Bertz CT molecular complexity index is 1810. The molecule has 0 atom stereocenters. The number of rotatable bonds is 7. The standard InChI is InChI=1S/C34H37N3O5S/c1-34(2,3)25-9-11-26(12-10-25)42-20-15-36-23-24(28-7-5-6-8-32(28)36)21-30-29-22-27(13-14-31(29)35(4)33(30)38)43(39,40)37-16-18-41-19-17-37/h5-14,21-23H,15-20H2,1-4H3/b30-21-. The zero-order valence-corrected chi connectivity index (χ0v) is 25.9. The van der Waals surface area contributed by atoms with Crippen LogP contribution in [0.15, 0.2) is 77.8 Å². The lowest BCUT2D eigenvalue weighted by Gasteiger charge is -2.26. The predicted molar refractivity (Wildman–Crippen MR) is 170 cm³/mol. The lowest BCUT2D eigenvalue weighted by molar-refractivity contribution is -0.112. The molecule has 3 aromatic carbocycles. The summed E-state index contributed by atoms with van der Waals surface area (Å²) < 4.78 is 41.8. The average Bonchev–Trinajstić information content (AvgIpc) is 3.47. The highest BCUT2D eigenvalue weighted by molar-refractivity contribution is 7.89. The third kappa shape index (κ3) is 5.60. The van der Waals surface area contributed by atoms with Gasteiger partial charge in [-0.05, 0) is 53.5 Å². The van der Waals surface area contributed by atoms with Gasteiger partial charge in [0.25, 0.3) is 5.91 Å². The molecule has 0 N–H and O–H groups in total. The Morgan fingerprint density at radius 2 is 1.70 bits per heavy atom. The van der Waals surface area contributed by atoms with Crippen molar-refractivity contribution in [2.45, 2.75) is 37.6 Å². The maximum Gasteiger partial charge on any atom is 0.258 e. The Balaban J connectivity index is 1.29. The topological polar surface area (TPSA) is 81.1 Å². The summed E-state index contributed by atoms with van der Waals surface area (Å²) in [6, 6.07) is 21.2. The number of hydrogen-bond donors (Lipinski definition) is 0. The molecule has 0 bridgehead atoms. The van der Waals surface area contributed by atoms with E-state index in [0.717, 1.165) is 22.2 Å². The number of aromatic nitrogens is 1. The highest BCUT2D eigenvalue weighted by Gasteiger charge is 2.33. The Kier molecular flexibility index (Phi) is 7.66. The fourth-order valence-electron chi connectivity index (χ4n) is 5.71. The van der Waals surface area contributed by atoms with Gasteiger partial charge in [0.2, 0.25) is 10.0 Å². The molecule has 3 heterocycles. The molecule has 1 fully saturated rings. The molecule has 0 spiro atoms. The number of morpholine rings is 1. The van der Waals surface area contributed by atoms with Gasteiger partial charge in [0.1, 0.15) is 12.4 Å². The lowest BCUT2D eigenvalue weighted by Crippen LogP contribution is -2.40. The summed E-state index contributed by atoms with van der Waals surface area (Å²) in [7, 11) is -2.00. The Labute approximate surface area is 253 Å². The second-order valence-electron chi connectivity index (χ2n) is 12.0. The second kappa shape index (κ2) is 11.3. The van der Waals surface area contributed by atoms with Crippen molar-refractivity contribution in [3.8, 4) is 5.75 Å². The Hall–Kier alpha value is -3.92. The van der Waals surface area contributed by atoms with Gasteiger partial charge in [0, 0.05) is 53.9 Å². The molecule has 2 aliphatic rings. The van der Waals surface area contributed by atoms with Crippen LogP contribution in [0.4, 0.5) is 5.69 Å². The number of hydrogen-bond acceptors (Lipinski definition) is 5. The Morgan fingerprint density at radius 1 is 0.977 bits per heavy atom. The summed E-state index contributed by atoms with van der Waals surface area (Å²) in [5.74, 6) is 0.653. The van der Waals surface area contributed by atoms with Crippen LogP contribution in [-0.2, 0) is 31.5 Å². The molecule has 1 amide bonds. The zero-order valence-electron chi connectivity index (χ0n) is 25.0. The van der Waals surface area contributed by atoms with Gasteiger partial charge >= 0.3 is 0 Å². The number of likely N-dealkylation sites (N-methyl/N-ethyl adjacent to an activating group) is 1. The summed E-state index contributed by atoms with van der Waals surface area (Å²) in [6.07, 6.45) is 3.91. The monoisotopic (exact) mass is 599 g/mol. The molecule has 1 aromatic heterocycles. The fourth-order valence-corrected chi connectivity index (χ4v) is 7.14. The third-order valence-electron chi connectivity index (χ3n) is 8.20. The van der Waals surface area contributed by atoms with Gasteiger partial charge in [0.15, 0.2) is 0 Å². The SMILES string of the molecule is CN1C(=O)/C(=C\c2cn(CCOc3ccc(C(C)(C)C)cc3)c3ccccc23)c2cc(S(=O)(=O)N3CCOCC3)ccc21. The van der Waals surface area contributed by atoms with E-state index in [9.17, 15) is 13.2 Å². The number of carbonyl (C=O) groups is 1. The highest BCUT2D eigenvalue weighted by atomic mass is 32.2. The van der Waals surface area contributed by atoms with Crippen molar-refractivity contribution in [3.63, 3.8) is 0 Å². The average molecular weight is 600 g/mol. The molecule has 0 saturated carbocycles. The first-order valence-corrected chi connectivity index (χ1v) is 16.0. The molecular weight excluding hydrogens is 562 g/mol. The van der Waals surface area contributed by atoms with E-state index < -0.39 is 10.0 Å². The second-order valence-corrected chi connectivity index (χ2v) is 14.0. The van der Waals surface area contributed by atoms with Crippen LogP contribution in [0.2, 0.25) is 0 Å². The van der Waals surface area contributed by atoms with Crippen molar-refractivity contribution < 1.29 is 22.7 Å². The third-order valence-corrected chi connectivity index (χ3v) is 10.1. The molecule has 8 nitrogen and oxygen atoms in total. The molecule has 1 saturated heterocycles. The van der Waals surface area contributed by atoms with Crippen molar-refractivity contribution in [3.05, 3.63) is 89.6 Å². The molecule has 9 heteroatoms. The van der Waals surface area contributed by atoms with Gasteiger partial charge in [-0.1, -0.05) is 51.1 Å². The molecule has 0 aliphatic carbocycles. The van der Waals surface area contributed by atoms with Crippen LogP contribution in [0.3, 0.4) is 0 Å². The molecule has 224 valence electrons. The lowest BCUT2D eigenvalue weighted by atomic mass is 9.87. The summed E-state index contributed by atoms with van der Waals surface area (Å²) in [4.78, 5) is 15.2. The van der Waals surface area contributed by atoms with E-state index in [2.05, 4.69) is 43.5 Å². The van der Waals surface area contributed by atoms with Gasteiger partial charge in [0.05, 0.1) is 30.3 Å². The molecule has 0 radical (unpaired) electrons. The molecule has 6 rings (SSSR count). The summed E-state index contributed by atoms with van der Waals surface area (Å²) >= 11 is 0. The van der Waals surface area contributed by atoms with Crippen LogP contribution in [-0.4, -0.2) is 63.2 Å². The minimum atomic E-state index is -3.71. The van der Waals surface area contributed by atoms with Crippen LogP contribution < -0.4 is 9.64 Å². The number of amides is 1. The number of anilines is 1. The number of nitrogens with zero attached hydrogens (tertiary/aromatic N) is 3. The summed E-state index contributed by atoms with van der Waals surface area (Å²) in [6.45, 7) is 9.04. The van der Waals surface area contributed by atoms with Crippen LogP contribution in [0.5, 0.6) is 5.75 Å². The zero-order chi connectivity index (χ0) is 30.4. The van der Waals surface area contributed by atoms with Gasteiger partial charge in [-0.3, -0.25) is 4.79 Å². The first-order chi connectivity index (χ1) is 20.5. The van der Waals surface area contributed by atoms with Crippen molar-refractivity contribution in [1.29, 1.82) is 0 Å². The maximum absolute atomic E-state index is 13.4. The van der Waals surface area contributed by atoms with Crippen molar-refractivity contribution in [1.82, 2.24) is 8.87 Å². The van der Waals surface area contributed by atoms with Crippen molar-refractivity contribution >= 4 is 44.2 Å². The van der Waals surface area contributed by atoms with Crippen LogP contribution in [0.25, 0.3) is 22.6 Å². The van der Waals surface area contributed by atoms with Gasteiger partial charge in [-0.15, -0.1) is 0 Å². The quantitative estimate of drug-likeness (QED) is 0.260. The highest BCUT2D eigenvalue weighted by Crippen LogP contribution is 2.39. The number of fused-ring (bicyclic) bond motifs is 2. The number of para-hydroxylation sites is 1. The van der Waals surface area contributed by atoms with Crippen LogP contribution >= 0.6 is 0 Å². The molecule has 0 unspecified atom stereocenters. The number of benzene rings is 3. The molecular formula is C34H37N3O5S. The van der Waals surface area contributed by atoms with E-state index >= 15 is 0 Å². The van der Waals surface area contributed by atoms with Crippen LogP contribution in [0, 0.1) is 0 Å². The van der Waals surface area contributed by atoms with E-state index in [4.69, 9.17) is 9.47 Å². The van der Waals surface area contributed by atoms with E-state index in [1.54, 1.807) is 30.1 Å². The minimum Gasteiger partial charge on any atom is -0.492 e. The minimum absolute atomic E-state index is 0.0854. The van der Waals surface area contributed by atoms with E-state index in [0.29, 0.717) is 56.3 Å². The van der Waals surface area contributed by atoms with Crippen molar-refractivity contribution in [2.75, 3.05) is 44.9 Å². The van der Waals surface area contributed by atoms with Gasteiger partial charge in [-0.2, -0.15) is 4.31 Å². The number of sulfonamides is 1. The van der Waals surface area contributed by atoms with E-state index in [-0.39, 0.29) is 16.2 Å². The Morgan fingerprint density at radius 3 is 2.42 bits per heavy atom.